The van der Waals surface area contributed by atoms with E-state index in [9.17, 15) is 23.1 Å². The van der Waals surface area contributed by atoms with E-state index < -0.39 is 17.8 Å². The van der Waals surface area contributed by atoms with Crippen LogP contribution in [-0.4, -0.2) is 44.2 Å². The van der Waals surface area contributed by atoms with Gasteiger partial charge in [-0.15, -0.1) is 0 Å². The highest BCUT2D eigenvalue weighted by Crippen LogP contribution is 2.35. The number of halogens is 5. The van der Waals surface area contributed by atoms with Crippen LogP contribution in [0.3, 0.4) is 0 Å². The summed E-state index contributed by atoms with van der Waals surface area (Å²) in [5, 5.41) is 9.74. The molecule has 1 amide bonds. The number of anilines is 1. The number of nitrogens with zero attached hydrogens (tertiary/aromatic N) is 4. The minimum Gasteiger partial charge on any atom is -0.465 e. The standard InChI is InChI=1S/C22H25BrClF3N4O2/c1-3-17-8-19(9-18(4-2)31(17)21(32)33)30(20-28-10-15(23)11-29-20)12-13-5-14(22(25,26)27)7-16(24)6-13/h5-7,10-11,17-19H,3-4,8-9,12H2,1-2H3,(H,32,33)/t17-,18+,19?. The van der Waals surface area contributed by atoms with Crippen LogP contribution >= 0.6 is 27.5 Å². The normalized spacial score (nSPS) is 21.2. The van der Waals surface area contributed by atoms with Crippen LogP contribution in [0.2, 0.25) is 5.02 Å². The number of carboxylic acid groups (broad SMARTS) is 1. The third-order valence-electron chi connectivity index (χ3n) is 5.98. The Hall–Kier alpha value is -2.07. The van der Waals surface area contributed by atoms with E-state index in [1.165, 1.54) is 11.0 Å². The summed E-state index contributed by atoms with van der Waals surface area (Å²) in [6, 6.07) is 2.90. The summed E-state index contributed by atoms with van der Waals surface area (Å²) in [5.41, 5.74) is -0.441. The number of aromatic nitrogens is 2. The lowest BCUT2D eigenvalue weighted by atomic mass is 9.87. The van der Waals surface area contributed by atoms with Gasteiger partial charge in [0, 0.05) is 42.1 Å². The molecule has 0 bridgehead atoms. The lowest BCUT2D eigenvalue weighted by Crippen LogP contribution is -2.56. The van der Waals surface area contributed by atoms with Crippen LogP contribution < -0.4 is 4.90 Å². The Labute approximate surface area is 203 Å². The molecule has 3 atom stereocenters. The average Bonchev–Trinajstić information content (AvgIpc) is 2.76. The zero-order valence-electron chi connectivity index (χ0n) is 18.2. The third-order valence-corrected chi connectivity index (χ3v) is 6.61. The molecule has 3 rings (SSSR count). The quantitative estimate of drug-likeness (QED) is 0.439. The van der Waals surface area contributed by atoms with Gasteiger partial charge in [-0.2, -0.15) is 13.2 Å². The molecule has 1 aliphatic heterocycles. The maximum atomic E-state index is 13.4. The maximum absolute atomic E-state index is 13.4. The zero-order valence-corrected chi connectivity index (χ0v) is 20.5. The topological polar surface area (TPSA) is 69.6 Å². The van der Waals surface area contributed by atoms with E-state index in [-0.39, 0.29) is 29.7 Å². The smallest absolute Gasteiger partial charge is 0.416 e. The maximum Gasteiger partial charge on any atom is 0.416 e. The first-order valence-electron chi connectivity index (χ1n) is 10.7. The molecule has 1 aliphatic rings. The fourth-order valence-corrected chi connectivity index (χ4v) is 4.92. The molecule has 2 aromatic rings. The number of alkyl halides is 3. The van der Waals surface area contributed by atoms with Gasteiger partial charge in [0.2, 0.25) is 5.95 Å². The lowest BCUT2D eigenvalue weighted by Gasteiger charge is -2.46. The van der Waals surface area contributed by atoms with Crippen molar-refractivity contribution in [3.8, 4) is 0 Å². The number of rotatable bonds is 6. The number of likely N-dealkylation sites (tertiary alicyclic amines) is 1. The van der Waals surface area contributed by atoms with Crippen molar-refractivity contribution >= 4 is 39.6 Å². The molecule has 1 fully saturated rings. The SMILES string of the molecule is CC[C@@H]1CC(N(Cc2cc(Cl)cc(C(F)(F)F)c2)c2ncc(Br)cn2)C[C@H](CC)N1C(=O)O. The third kappa shape index (κ3) is 6.09. The second kappa shape index (κ2) is 10.5. The summed E-state index contributed by atoms with van der Waals surface area (Å²) in [4.78, 5) is 24.0. The molecule has 1 N–H and O–H groups in total. The number of hydrogen-bond acceptors (Lipinski definition) is 4. The fraction of sp³-hybridized carbons (Fsp3) is 0.500. The van der Waals surface area contributed by atoms with Crippen molar-refractivity contribution in [2.45, 2.75) is 70.4 Å². The van der Waals surface area contributed by atoms with Gasteiger partial charge in [-0.3, -0.25) is 0 Å². The van der Waals surface area contributed by atoms with E-state index >= 15 is 0 Å². The molecular weight excluding hydrogens is 525 g/mol. The molecule has 180 valence electrons. The predicted octanol–water partition coefficient (Wildman–Crippen LogP) is 6.62. The van der Waals surface area contributed by atoms with E-state index in [0.717, 1.165) is 12.1 Å². The summed E-state index contributed by atoms with van der Waals surface area (Å²) in [6.45, 7) is 3.97. The highest BCUT2D eigenvalue weighted by atomic mass is 79.9. The highest BCUT2D eigenvalue weighted by molar-refractivity contribution is 9.10. The average molecular weight is 550 g/mol. The molecule has 33 heavy (non-hydrogen) atoms. The number of piperidine rings is 1. The van der Waals surface area contributed by atoms with Crippen LogP contribution in [0, 0.1) is 0 Å². The van der Waals surface area contributed by atoms with Crippen LogP contribution in [0.15, 0.2) is 35.1 Å². The monoisotopic (exact) mass is 548 g/mol. The summed E-state index contributed by atoms with van der Waals surface area (Å²) < 4.78 is 40.7. The van der Waals surface area contributed by atoms with Gasteiger partial charge in [0.1, 0.15) is 0 Å². The minimum absolute atomic E-state index is 0.00457. The number of benzene rings is 1. The van der Waals surface area contributed by atoms with Crippen molar-refractivity contribution < 1.29 is 23.1 Å². The van der Waals surface area contributed by atoms with Crippen molar-refractivity contribution in [3.63, 3.8) is 0 Å². The van der Waals surface area contributed by atoms with Gasteiger partial charge in [-0.05, 0) is 65.4 Å². The van der Waals surface area contributed by atoms with Gasteiger partial charge in [0.15, 0.2) is 0 Å². The highest BCUT2D eigenvalue weighted by Gasteiger charge is 2.40. The van der Waals surface area contributed by atoms with Gasteiger partial charge in [0.25, 0.3) is 0 Å². The molecule has 6 nitrogen and oxygen atoms in total. The van der Waals surface area contributed by atoms with Crippen LogP contribution in [0.4, 0.5) is 23.9 Å². The largest absolute Gasteiger partial charge is 0.465 e. The first-order chi connectivity index (χ1) is 15.5. The molecule has 0 radical (unpaired) electrons. The van der Waals surface area contributed by atoms with Crippen molar-refractivity contribution in [1.82, 2.24) is 14.9 Å². The van der Waals surface area contributed by atoms with Crippen LogP contribution in [0.5, 0.6) is 0 Å². The van der Waals surface area contributed by atoms with Gasteiger partial charge in [-0.25, -0.2) is 14.8 Å². The van der Waals surface area contributed by atoms with E-state index in [2.05, 4.69) is 25.9 Å². The fourth-order valence-electron chi connectivity index (χ4n) is 4.46. The number of carbonyl (C=O) groups is 1. The summed E-state index contributed by atoms with van der Waals surface area (Å²) in [7, 11) is 0. The number of amides is 1. The molecule has 1 aromatic carbocycles. The predicted molar refractivity (Wildman–Crippen MR) is 123 cm³/mol. The molecular formula is C22H25BrClF3N4O2. The molecule has 0 aliphatic carbocycles. The summed E-state index contributed by atoms with van der Waals surface area (Å²) >= 11 is 9.32. The Morgan fingerprint density at radius 1 is 1.18 bits per heavy atom. The first-order valence-corrected chi connectivity index (χ1v) is 11.8. The molecule has 2 heterocycles. The van der Waals surface area contributed by atoms with Gasteiger partial charge in [0.05, 0.1) is 10.0 Å². The van der Waals surface area contributed by atoms with Gasteiger partial charge >= 0.3 is 12.3 Å². The molecule has 1 unspecified atom stereocenters. The van der Waals surface area contributed by atoms with Crippen molar-refractivity contribution in [2.24, 2.45) is 0 Å². The Kier molecular flexibility index (Phi) is 8.10. The second-order valence-corrected chi connectivity index (χ2v) is 9.47. The first kappa shape index (κ1) is 25.6. The molecule has 0 spiro atoms. The molecule has 11 heteroatoms. The Bertz CT molecular complexity index is 963. The summed E-state index contributed by atoms with van der Waals surface area (Å²) in [5.74, 6) is 0.366. The van der Waals surface area contributed by atoms with E-state index in [1.807, 2.05) is 18.7 Å². The molecule has 1 aromatic heterocycles. The van der Waals surface area contributed by atoms with Crippen LogP contribution in [-0.2, 0) is 12.7 Å². The van der Waals surface area contributed by atoms with E-state index in [1.54, 1.807) is 12.4 Å². The Balaban J connectivity index is 2.00. The van der Waals surface area contributed by atoms with Gasteiger partial charge in [-0.1, -0.05) is 25.4 Å². The van der Waals surface area contributed by atoms with Crippen molar-refractivity contribution in [2.75, 3.05) is 4.90 Å². The Morgan fingerprint density at radius 2 is 1.76 bits per heavy atom. The van der Waals surface area contributed by atoms with Crippen LogP contribution in [0.25, 0.3) is 0 Å². The molecule has 0 saturated carbocycles. The van der Waals surface area contributed by atoms with Gasteiger partial charge < -0.3 is 14.9 Å². The Morgan fingerprint density at radius 3 is 2.24 bits per heavy atom. The minimum atomic E-state index is -4.52. The van der Waals surface area contributed by atoms with E-state index in [4.69, 9.17) is 11.6 Å². The lowest BCUT2D eigenvalue weighted by molar-refractivity contribution is -0.137. The van der Waals surface area contributed by atoms with Crippen molar-refractivity contribution in [3.05, 3.63) is 51.2 Å². The zero-order chi connectivity index (χ0) is 24.3. The molecule has 1 saturated heterocycles. The second-order valence-electron chi connectivity index (χ2n) is 8.11. The number of hydrogen-bond donors (Lipinski definition) is 1. The van der Waals surface area contributed by atoms with E-state index in [0.29, 0.717) is 41.7 Å². The van der Waals surface area contributed by atoms with Crippen LogP contribution in [0.1, 0.15) is 50.7 Å². The van der Waals surface area contributed by atoms with Crippen molar-refractivity contribution in [1.29, 1.82) is 0 Å². The summed E-state index contributed by atoms with van der Waals surface area (Å²) in [6.07, 6.45) is -0.0236.